The molecule has 0 atom stereocenters. The van der Waals surface area contributed by atoms with Crippen molar-refractivity contribution in [3.05, 3.63) is 29.8 Å². The maximum atomic E-state index is 4.59. The highest BCUT2D eigenvalue weighted by atomic mass is 15.0. The highest BCUT2D eigenvalue weighted by Gasteiger charge is 2.19. The molecule has 17 heavy (non-hydrogen) atoms. The van der Waals surface area contributed by atoms with Crippen molar-refractivity contribution in [2.45, 2.75) is 19.3 Å². The first-order valence-electron chi connectivity index (χ1n) is 5.72. The summed E-state index contributed by atoms with van der Waals surface area (Å²) in [4.78, 5) is 17.2. The van der Waals surface area contributed by atoms with E-state index in [0.29, 0.717) is 5.82 Å². The molecule has 2 heterocycles. The zero-order valence-electron chi connectivity index (χ0n) is 9.64. The van der Waals surface area contributed by atoms with Crippen LogP contribution in [0.1, 0.15) is 17.7 Å². The molecule has 1 aliphatic rings. The van der Waals surface area contributed by atoms with Gasteiger partial charge in [-0.2, -0.15) is 0 Å². The van der Waals surface area contributed by atoms with Gasteiger partial charge in [-0.05, 0) is 25.3 Å². The Hall–Kier alpha value is -2.04. The van der Waals surface area contributed by atoms with Crippen LogP contribution in [0.2, 0.25) is 0 Å². The van der Waals surface area contributed by atoms with Crippen LogP contribution in [0.25, 0.3) is 11.5 Å². The van der Waals surface area contributed by atoms with Gasteiger partial charge < -0.3 is 5.32 Å². The quantitative estimate of drug-likeness (QED) is 0.841. The summed E-state index contributed by atoms with van der Waals surface area (Å²) in [7, 11) is 1.89. The average Bonchev–Trinajstić information content (AvgIpc) is 2.86. The Morgan fingerprint density at radius 2 is 2.18 bits per heavy atom. The summed E-state index contributed by atoms with van der Waals surface area (Å²) in [6.07, 6.45) is 6.48. The van der Waals surface area contributed by atoms with Gasteiger partial charge in [0.1, 0.15) is 17.8 Å². The molecule has 0 amide bonds. The summed E-state index contributed by atoms with van der Waals surface area (Å²) in [6.45, 7) is 0. The molecule has 0 aromatic carbocycles. The van der Waals surface area contributed by atoms with Crippen LogP contribution in [-0.4, -0.2) is 27.0 Å². The molecule has 0 fully saturated rings. The summed E-state index contributed by atoms with van der Waals surface area (Å²) in [5, 5.41) is 3.14. The lowest BCUT2D eigenvalue weighted by Crippen LogP contribution is -2.04. The molecule has 0 aliphatic heterocycles. The fraction of sp³-hybridized carbons (Fsp3) is 0.333. The van der Waals surface area contributed by atoms with E-state index in [4.69, 9.17) is 0 Å². The molecular weight excluding hydrogens is 214 g/mol. The lowest BCUT2D eigenvalue weighted by atomic mass is 10.2. The predicted molar refractivity (Wildman–Crippen MR) is 64.6 cm³/mol. The number of hydrogen-bond donors (Lipinski definition) is 1. The Morgan fingerprint density at radius 3 is 2.94 bits per heavy atom. The third-order valence-corrected chi connectivity index (χ3v) is 2.98. The number of anilines is 1. The Labute approximate surface area is 99.4 Å². The van der Waals surface area contributed by atoms with Gasteiger partial charge in [0.15, 0.2) is 5.82 Å². The number of hydrogen-bond acceptors (Lipinski definition) is 5. The molecule has 2 aromatic heterocycles. The second-order valence-electron chi connectivity index (χ2n) is 4.02. The summed E-state index contributed by atoms with van der Waals surface area (Å²) in [5.74, 6) is 1.61. The second kappa shape index (κ2) is 4.08. The number of aromatic nitrogens is 4. The summed E-state index contributed by atoms with van der Waals surface area (Å²) >= 11 is 0. The molecule has 0 spiro atoms. The average molecular weight is 227 g/mol. The molecule has 0 saturated heterocycles. The van der Waals surface area contributed by atoms with Crippen molar-refractivity contribution in [3.63, 3.8) is 0 Å². The van der Waals surface area contributed by atoms with E-state index < -0.39 is 0 Å². The highest BCUT2D eigenvalue weighted by molar-refractivity contribution is 5.57. The first-order valence-corrected chi connectivity index (χ1v) is 5.72. The number of nitrogens with zero attached hydrogens (tertiary/aromatic N) is 4. The van der Waals surface area contributed by atoms with E-state index >= 15 is 0 Å². The Morgan fingerprint density at radius 1 is 1.24 bits per heavy atom. The van der Waals surface area contributed by atoms with Crippen LogP contribution >= 0.6 is 0 Å². The van der Waals surface area contributed by atoms with Crippen molar-refractivity contribution in [2.75, 3.05) is 12.4 Å². The lowest BCUT2D eigenvalue weighted by Gasteiger charge is -2.08. The first-order chi connectivity index (χ1) is 8.38. The SMILES string of the molecule is CNc1nc(-c2ccncn2)nc2c1CCC2. The summed E-state index contributed by atoms with van der Waals surface area (Å²) < 4.78 is 0. The van der Waals surface area contributed by atoms with Crippen LogP contribution in [0.5, 0.6) is 0 Å². The van der Waals surface area contributed by atoms with E-state index in [1.807, 2.05) is 13.1 Å². The molecule has 1 aliphatic carbocycles. The lowest BCUT2D eigenvalue weighted by molar-refractivity contribution is 0.899. The zero-order valence-corrected chi connectivity index (χ0v) is 9.64. The van der Waals surface area contributed by atoms with E-state index in [2.05, 4.69) is 25.3 Å². The van der Waals surface area contributed by atoms with Crippen LogP contribution < -0.4 is 5.32 Å². The van der Waals surface area contributed by atoms with E-state index in [0.717, 1.165) is 36.5 Å². The molecule has 0 saturated carbocycles. The minimum absolute atomic E-state index is 0.678. The first kappa shape index (κ1) is 10.1. The van der Waals surface area contributed by atoms with Crippen LogP contribution in [0.15, 0.2) is 18.6 Å². The fourth-order valence-corrected chi connectivity index (χ4v) is 2.18. The molecule has 0 unspecified atom stereocenters. The third-order valence-electron chi connectivity index (χ3n) is 2.98. The van der Waals surface area contributed by atoms with Crippen LogP contribution in [-0.2, 0) is 12.8 Å². The topological polar surface area (TPSA) is 63.6 Å². The number of fused-ring (bicyclic) bond motifs is 1. The Bertz CT molecular complexity index is 538. The van der Waals surface area contributed by atoms with Crippen molar-refractivity contribution in [3.8, 4) is 11.5 Å². The fourth-order valence-electron chi connectivity index (χ4n) is 2.18. The minimum atomic E-state index is 0.678. The third kappa shape index (κ3) is 1.73. The molecule has 0 bridgehead atoms. The van der Waals surface area contributed by atoms with Gasteiger partial charge in [-0.15, -0.1) is 0 Å². The molecule has 0 radical (unpaired) electrons. The van der Waals surface area contributed by atoms with Gasteiger partial charge >= 0.3 is 0 Å². The molecule has 2 aromatic rings. The van der Waals surface area contributed by atoms with Gasteiger partial charge in [0.05, 0.1) is 0 Å². The molecule has 3 rings (SSSR count). The van der Waals surface area contributed by atoms with Crippen molar-refractivity contribution < 1.29 is 0 Å². The van der Waals surface area contributed by atoms with E-state index in [1.54, 1.807) is 6.20 Å². The minimum Gasteiger partial charge on any atom is -0.373 e. The van der Waals surface area contributed by atoms with Crippen molar-refractivity contribution in [2.24, 2.45) is 0 Å². The predicted octanol–water partition coefficient (Wildman–Crippen LogP) is 1.46. The zero-order chi connectivity index (χ0) is 11.7. The molecule has 86 valence electrons. The van der Waals surface area contributed by atoms with Crippen molar-refractivity contribution in [1.29, 1.82) is 0 Å². The van der Waals surface area contributed by atoms with Gasteiger partial charge in [-0.1, -0.05) is 0 Å². The van der Waals surface area contributed by atoms with E-state index in [9.17, 15) is 0 Å². The maximum absolute atomic E-state index is 4.59. The van der Waals surface area contributed by atoms with Gasteiger partial charge in [0.25, 0.3) is 0 Å². The molecular formula is C12H13N5. The standard InChI is InChI=1S/C12H13N5/c1-13-11-8-3-2-4-9(8)16-12(17-11)10-5-6-14-7-15-10/h5-7H,2-4H2,1H3,(H,13,16,17). The van der Waals surface area contributed by atoms with Gasteiger partial charge in [0, 0.05) is 24.5 Å². The van der Waals surface area contributed by atoms with E-state index in [-0.39, 0.29) is 0 Å². The number of aryl methyl sites for hydroxylation is 1. The summed E-state index contributed by atoms with van der Waals surface area (Å²) in [6, 6.07) is 1.83. The van der Waals surface area contributed by atoms with Crippen LogP contribution in [0.4, 0.5) is 5.82 Å². The highest BCUT2D eigenvalue weighted by Crippen LogP contribution is 2.28. The van der Waals surface area contributed by atoms with Crippen LogP contribution in [0.3, 0.4) is 0 Å². The largest absolute Gasteiger partial charge is 0.373 e. The number of nitrogens with one attached hydrogen (secondary N) is 1. The Balaban J connectivity index is 2.13. The van der Waals surface area contributed by atoms with Crippen molar-refractivity contribution >= 4 is 5.82 Å². The summed E-state index contributed by atoms with van der Waals surface area (Å²) in [5.41, 5.74) is 3.18. The smallest absolute Gasteiger partial charge is 0.180 e. The van der Waals surface area contributed by atoms with Gasteiger partial charge in [-0.25, -0.2) is 19.9 Å². The number of rotatable bonds is 2. The Kier molecular flexibility index (Phi) is 2.44. The van der Waals surface area contributed by atoms with Crippen LogP contribution in [0, 0.1) is 0 Å². The van der Waals surface area contributed by atoms with Gasteiger partial charge in [0.2, 0.25) is 0 Å². The second-order valence-corrected chi connectivity index (χ2v) is 4.02. The normalized spacial score (nSPS) is 13.5. The molecule has 1 N–H and O–H groups in total. The van der Waals surface area contributed by atoms with Crippen molar-refractivity contribution in [1.82, 2.24) is 19.9 Å². The van der Waals surface area contributed by atoms with E-state index in [1.165, 1.54) is 11.9 Å². The van der Waals surface area contributed by atoms with Gasteiger partial charge in [-0.3, -0.25) is 0 Å². The monoisotopic (exact) mass is 227 g/mol. The molecule has 5 heteroatoms. The maximum Gasteiger partial charge on any atom is 0.180 e. The molecule has 5 nitrogen and oxygen atoms in total.